The summed E-state index contributed by atoms with van der Waals surface area (Å²) < 4.78 is 1.49. The standard InChI is InChI=1S/C13H7NO3S.CH2O3/c15-13-9-3-1-2-4-11(9)18-12-7-8(14(16)17)5-6-10(12)13;2-1(3)4/h1-7H;(H2,2,3,4). The average Bonchev–Trinajstić information content (AvgIpc) is 2.46. The fraction of sp³-hybridized carbons (Fsp3) is 0. The van der Waals surface area contributed by atoms with Crippen molar-refractivity contribution in [2.24, 2.45) is 0 Å². The molecule has 0 unspecified atom stereocenters. The van der Waals surface area contributed by atoms with Crippen molar-refractivity contribution < 1.29 is 19.9 Å². The molecule has 2 N–H and O–H groups in total. The van der Waals surface area contributed by atoms with Gasteiger partial charge in [0.2, 0.25) is 0 Å². The Morgan fingerprint density at radius 2 is 1.64 bits per heavy atom. The van der Waals surface area contributed by atoms with E-state index >= 15 is 0 Å². The van der Waals surface area contributed by atoms with E-state index < -0.39 is 11.1 Å². The van der Waals surface area contributed by atoms with Gasteiger partial charge in [-0.25, -0.2) is 4.79 Å². The lowest BCUT2D eigenvalue weighted by atomic mass is 10.2. The van der Waals surface area contributed by atoms with Gasteiger partial charge in [0.25, 0.3) is 5.69 Å². The Bertz CT molecular complexity index is 929. The number of nitro benzene ring substituents is 1. The zero-order chi connectivity index (χ0) is 16.3. The predicted octanol–water partition coefficient (Wildman–Crippen LogP) is 3.55. The first-order chi connectivity index (χ1) is 10.4. The van der Waals surface area contributed by atoms with Crippen LogP contribution in [0.3, 0.4) is 0 Å². The van der Waals surface area contributed by atoms with E-state index in [1.165, 1.54) is 29.5 Å². The van der Waals surface area contributed by atoms with Gasteiger partial charge in [0, 0.05) is 32.3 Å². The normalized spacial score (nSPS) is 10.0. The zero-order valence-electron chi connectivity index (χ0n) is 10.9. The van der Waals surface area contributed by atoms with Crippen molar-refractivity contribution >= 4 is 43.4 Å². The molecule has 0 aliphatic carbocycles. The van der Waals surface area contributed by atoms with Crippen molar-refractivity contribution in [3.05, 3.63) is 62.8 Å². The summed E-state index contributed by atoms with van der Waals surface area (Å²) in [6.45, 7) is 0. The van der Waals surface area contributed by atoms with Crippen molar-refractivity contribution in [3.63, 3.8) is 0 Å². The number of carbonyl (C=O) groups is 1. The molecule has 0 saturated heterocycles. The van der Waals surface area contributed by atoms with Crippen LogP contribution in [0.2, 0.25) is 0 Å². The smallest absolute Gasteiger partial charge is 0.450 e. The van der Waals surface area contributed by atoms with Gasteiger partial charge in [0.15, 0.2) is 5.43 Å². The third-order valence-electron chi connectivity index (χ3n) is 2.77. The highest BCUT2D eigenvalue weighted by Crippen LogP contribution is 2.27. The quantitative estimate of drug-likeness (QED) is 0.402. The molecule has 0 atom stereocenters. The molecule has 7 nitrogen and oxygen atoms in total. The molecule has 8 heteroatoms. The van der Waals surface area contributed by atoms with Crippen LogP contribution in [0, 0.1) is 10.1 Å². The minimum Gasteiger partial charge on any atom is -0.450 e. The second kappa shape index (κ2) is 6.19. The van der Waals surface area contributed by atoms with Crippen molar-refractivity contribution in [2.45, 2.75) is 0 Å². The summed E-state index contributed by atoms with van der Waals surface area (Å²) in [6, 6.07) is 11.6. The molecule has 22 heavy (non-hydrogen) atoms. The van der Waals surface area contributed by atoms with E-state index in [1.807, 2.05) is 18.2 Å². The molecule has 112 valence electrons. The summed E-state index contributed by atoms with van der Waals surface area (Å²) in [7, 11) is 0. The minimum atomic E-state index is -1.83. The first-order valence-electron chi connectivity index (χ1n) is 5.92. The molecule has 0 aliphatic heterocycles. The maximum Gasteiger partial charge on any atom is 0.503 e. The Morgan fingerprint density at radius 3 is 2.27 bits per heavy atom. The number of nitro groups is 1. The van der Waals surface area contributed by atoms with Crippen LogP contribution in [0.25, 0.3) is 20.2 Å². The number of non-ortho nitro benzene ring substituents is 1. The molecule has 1 aromatic heterocycles. The van der Waals surface area contributed by atoms with Gasteiger partial charge in [0.05, 0.1) is 4.92 Å². The number of carboxylic acid groups (broad SMARTS) is 2. The molecule has 3 rings (SSSR count). The summed E-state index contributed by atoms with van der Waals surface area (Å²) in [5.41, 5.74) is -0.0670. The molecular formula is C14H9NO6S. The van der Waals surface area contributed by atoms with Crippen LogP contribution in [0.1, 0.15) is 0 Å². The largest absolute Gasteiger partial charge is 0.503 e. The van der Waals surface area contributed by atoms with Crippen LogP contribution in [0.4, 0.5) is 10.5 Å². The molecule has 1 heterocycles. The summed E-state index contributed by atoms with van der Waals surface area (Å²) in [4.78, 5) is 31.0. The van der Waals surface area contributed by atoms with Crippen molar-refractivity contribution in [2.75, 3.05) is 0 Å². The third-order valence-corrected chi connectivity index (χ3v) is 3.91. The SMILES string of the molecule is O=C(O)O.O=c1c2ccccc2sc2cc([N+](=O)[O-])ccc12. The molecule has 0 fully saturated rings. The number of hydrogen-bond donors (Lipinski definition) is 2. The lowest BCUT2D eigenvalue weighted by Crippen LogP contribution is -2.00. The number of benzene rings is 2. The monoisotopic (exact) mass is 319 g/mol. The van der Waals surface area contributed by atoms with Gasteiger partial charge in [-0.15, -0.1) is 11.3 Å². The van der Waals surface area contributed by atoms with Crippen LogP contribution in [0.15, 0.2) is 47.3 Å². The van der Waals surface area contributed by atoms with Gasteiger partial charge in [-0.3, -0.25) is 14.9 Å². The van der Waals surface area contributed by atoms with E-state index in [4.69, 9.17) is 15.0 Å². The van der Waals surface area contributed by atoms with Gasteiger partial charge in [-0.1, -0.05) is 12.1 Å². The fourth-order valence-corrected chi connectivity index (χ4v) is 3.01. The number of fused-ring (bicyclic) bond motifs is 2. The molecular weight excluding hydrogens is 310 g/mol. The maximum absolute atomic E-state index is 12.2. The van der Waals surface area contributed by atoms with E-state index in [1.54, 1.807) is 6.07 Å². The highest BCUT2D eigenvalue weighted by molar-refractivity contribution is 7.24. The van der Waals surface area contributed by atoms with Gasteiger partial charge < -0.3 is 10.2 Å². The van der Waals surface area contributed by atoms with Crippen molar-refractivity contribution in [1.82, 2.24) is 0 Å². The summed E-state index contributed by atoms with van der Waals surface area (Å²) in [5.74, 6) is 0. The molecule has 0 amide bonds. The van der Waals surface area contributed by atoms with E-state index in [0.717, 1.165) is 4.70 Å². The Balaban J connectivity index is 0.000000396. The maximum atomic E-state index is 12.2. The van der Waals surface area contributed by atoms with Crippen molar-refractivity contribution in [1.29, 1.82) is 0 Å². The first-order valence-corrected chi connectivity index (χ1v) is 6.73. The zero-order valence-corrected chi connectivity index (χ0v) is 11.7. The second-order valence-corrected chi connectivity index (χ2v) is 5.23. The fourth-order valence-electron chi connectivity index (χ4n) is 1.90. The predicted molar refractivity (Wildman–Crippen MR) is 82.9 cm³/mol. The summed E-state index contributed by atoms with van der Waals surface area (Å²) >= 11 is 1.39. The Hall–Kier alpha value is -3.00. The molecule has 0 saturated carbocycles. The van der Waals surface area contributed by atoms with Gasteiger partial charge in [-0.2, -0.15) is 0 Å². The highest BCUT2D eigenvalue weighted by Gasteiger charge is 2.10. The number of nitrogens with zero attached hydrogens (tertiary/aromatic N) is 1. The average molecular weight is 319 g/mol. The van der Waals surface area contributed by atoms with Crippen LogP contribution in [-0.2, 0) is 0 Å². The van der Waals surface area contributed by atoms with Gasteiger partial charge in [0.1, 0.15) is 0 Å². The first kappa shape index (κ1) is 15.4. The Morgan fingerprint density at radius 1 is 1.05 bits per heavy atom. The summed E-state index contributed by atoms with van der Waals surface area (Å²) in [5, 5.41) is 25.9. The molecule has 0 spiro atoms. The Kier molecular flexibility index (Phi) is 4.33. The number of hydrogen-bond acceptors (Lipinski definition) is 5. The van der Waals surface area contributed by atoms with Crippen LogP contribution in [0.5, 0.6) is 0 Å². The molecule has 0 bridgehead atoms. The van der Waals surface area contributed by atoms with Crippen LogP contribution < -0.4 is 5.43 Å². The van der Waals surface area contributed by atoms with E-state index in [9.17, 15) is 14.9 Å². The Labute approximate surface area is 126 Å². The van der Waals surface area contributed by atoms with Gasteiger partial charge >= 0.3 is 6.16 Å². The second-order valence-electron chi connectivity index (χ2n) is 4.15. The molecule has 3 aromatic rings. The van der Waals surface area contributed by atoms with Crippen molar-refractivity contribution in [3.8, 4) is 0 Å². The molecule has 0 aliphatic rings. The molecule has 0 radical (unpaired) electrons. The van der Waals surface area contributed by atoms with Crippen LogP contribution in [-0.4, -0.2) is 21.3 Å². The van der Waals surface area contributed by atoms with E-state index in [-0.39, 0.29) is 11.1 Å². The number of rotatable bonds is 1. The van der Waals surface area contributed by atoms with Crippen LogP contribution >= 0.6 is 11.3 Å². The highest BCUT2D eigenvalue weighted by atomic mass is 32.1. The molecule has 2 aromatic carbocycles. The van der Waals surface area contributed by atoms with E-state index in [0.29, 0.717) is 15.5 Å². The minimum absolute atomic E-state index is 0.00781. The van der Waals surface area contributed by atoms with E-state index in [2.05, 4.69) is 0 Å². The summed E-state index contributed by atoms with van der Waals surface area (Å²) in [6.07, 6.45) is -1.83. The lowest BCUT2D eigenvalue weighted by molar-refractivity contribution is -0.384. The topological polar surface area (TPSA) is 118 Å². The lowest BCUT2D eigenvalue weighted by Gasteiger charge is -2.00. The third kappa shape index (κ3) is 3.18. The van der Waals surface area contributed by atoms with Gasteiger partial charge in [-0.05, 0) is 18.2 Å².